The topological polar surface area (TPSA) is 72.2 Å². The van der Waals surface area contributed by atoms with Crippen molar-refractivity contribution in [1.29, 1.82) is 0 Å². The van der Waals surface area contributed by atoms with E-state index in [1.165, 1.54) is 12.4 Å². The van der Waals surface area contributed by atoms with Crippen LogP contribution in [0.1, 0.15) is 18.5 Å². The molecule has 21 heavy (non-hydrogen) atoms. The van der Waals surface area contributed by atoms with Gasteiger partial charge in [0.1, 0.15) is 12.4 Å². The summed E-state index contributed by atoms with van der Waals surface area (Å²) in [4.78, 5) is 19.8. The Morgan fingerprint density at radius 2 is 1.90 bits per heavy atom. The number of benzene rings is 1. The molecule has 1 unspecified atom stereocenters. The van der Waals surface area contributed by atoms with Crippen LogP contribution in [0.4, 0.5) is 11.6 Å². The average Bonchev–Trinajstić information content (AvgIpc) is 2.46. The molecule has 0 aliphatic carbocycles. The van der Waals surface area contributed by atoms with Gasteiger partial charge in [0, 0.05) is 17.1 Å². The maximum atomic E-state index is 10.6. The first-order valence-electron chi connectivity index (χ1n) is 6.04. The summed E-state index contributed by atoms with van der Waals surface area (Å²) in [5.74, 6) is 0.374. The molecule has 1 heterocycles. The average molecular weight is 327 g/mol. The monoisotopic (exact) mass is 326 g/mol. The van der Waals surface area contributed by atoms with E-state index in [9.17, 15) is 10.1 Å². The summed E-state index contributed by atoms with van der Waals surface area (Å²) in [5, 5.41) is 11.7. The molecule has 0 radical (unpaired) electrons. The Morgan fingerprint density at radius 3 is 2.43 bits per heavy atom. The fourth-order valence-corrected chi connectivity index (χ4v) is 2.38. The maximum absolute atomic E-state index is 10.6. The molecule has 1 aromatic heterocycles. The molecule has 0 aliphatic heterocycles. The van der Waals surface area contributed by atoms with Crippen LogP contribution < -0.4 is 4.90 Å². The van der Waals surface area contributed by atoms with Crippen molar-refractivity contribution in [2.75, 3.05) is 11.9 Å². The van der Waals surface area contributed by atoms with Gasteiger partial charge in [0.05, 0.1) is 11.0 Å². The van der Waals surface area contributed by atoms with Crippen LogP contribution in [0.15, 0.2) is 30.6 Å². The Labute approximate surface area is 131 Å². The molecule has 1 atom stereocenters. The van der Waals surface area contributed by atoms with Crippen molar-refractivity contribution in [3.8, 4) is 0 Å². The van der Waals surface area contributed by atoms with Crippen LogP contribution in [0, 0.1) is 10.1 Å². The van der Waals surface area contributed by atoms with Gasteiger partial charge in [0.25, 0.3) is 0 Å². The van der Waals surface area contributed by atoms with E-state index in [1.807, 2.05) is 13.0 Å². The molecule has 2 aromatic rings. The van der Waals surface area contributed by atoms with Crippen molar-refractivity contribution in [3.63, 3.8) is 0 Å². The van der Waals surface area contributed by atoms with Gasteiger partial charge in [-0.05, 0) is 24.6 Å². The molecular formula is C13H12Cl2N4O2. The Morgan fingerprint density at radius 1 is 1.29 bits per heavy atom. The zero-order valence-corrected chi connectivity index (χ0v) is 12.8. The summed E-state index contributed by atoms with van der Waals surface area (Å²) < 4.78 is 0. The molecule has 0 saturated carbocycles. The van der Waals surface area contributed by atoms with Gasteiger partial charge in [-0.15, -0.1) is 0 Å². The second-order valence-electron chi connectivity index (χ2n) is 4.45. The zero-order chi connectivity index (χ0) is 15.6. The van der Waals surface area contributed by atoms with Crippen molar-refractivity contribution in [1.82, 2.24) is 9.97 Å². The maximum Gasteiger partial charge on any atom is 0.305 e. The zero-order valence-electron chi connectivity index (χ0n) is 11.3. The first kappa shape index (κ1) is 15.5. The predicted molar refractivity (Wildman–Crippen MR) is 82.0 cm³/mol. The summed E-state index contributed by atoms with van der Waals surface area (Å²) in [7, 11) is 1.79. The van der Waals surface area contributed by atoms with Crippen LogP contribution in [-0.2, 0) is 0 Å². The highest BCUT2D eigenvalue weighted by atomic mass is 35.5. The molecule has 0 saturated heterocycles. The van der Waals surface area contributed by atoms with Gasteiger partial charge < -0.3 is 4.90 Å². The number of hydrogen-bond donors (Lipinski definition) is 0. The van der Waals surface area contributed by atoms with E-state index < -0.39 is 4.92 Å². The molecule has 8 heteroatoms. The number of hydrogen-bond acceptors (Lipinski definition) is 5. The number of rotatable bonds is 4. The van der Waals surface area contributed by atoms with E-state index >= 15 is 0 Å². The van der Waals surface area contributed by atoms with Crippen LogP contribution in [0.25, 0.3) is 0 Å². The third-order valence-corrected chi connectivity index (χ3v) is 3.71. The minimum atomic E-state index is -0.538. The molecule has 6 nitrogen and oxygen atoms in total. The third kappa shape index (κ3) is 3.40. The summed E-state index contributed by atoms with van der Waals surface area (Å²) >= 11 is 12.1. The molecule has 0 aliphatic rings. The second kappa shape index (κ2) is 6.24. The lowest BCUT2D eigenvalue weighted by molar-refractivity contribution is -0.385. The van der Waals surface area contributed by atoms with Crippen molar-refractivity contribution in [2.24, 2.45) is 0 Å². The van der Waals surface area contributed by atoms with Crippen LogP contribution in [0.5, 0.6) is 0 Å². The van der Waals surface area contributed by atoms with Crippen LogP contribution in [-0.4, -0.2) is 21.9 Å². The first-order chi connectivity index (χ1) is 9.90. The standard InChI is InChI=1S/C13H12Cl2N4O2/c1-8(11-4-3-9(14)5-12(11)15)18(2)13-16-6-10(7-17-13)19(20)21/h3-8H,1-2H3. The molecule has 0 fully saturated rings. The number of anilines is 1. The molecule has 2 rings (SSSR count). The minimum absolute atomic E-state index is 0.115. The van der Waals surface area contributed by atoms with Crippen molar-refractivity contribution in [2.45, 2.75) is 13.0 Å². The van der Waals surface area contributed by atoms with Crippen LogP contribution >= 0.6 is 23.2 Å². The number of aromatic nitrogens is 2. The number of nitro groups is 1. The molecule has 0 N–H and O–H groups in total. The van der Waals surface area contributed by atoms with E-state index in [0.717, 1.165) is 5.56 Å². The van der Waals surface area contributed by atoms with Crippen LogP contribution in [0.3, 0.4) is 0 Å². The van der Waals surface area contributed by atoms with Gasteiger partial charge in [0.15, 0.2) is 0 Å². The van der Waals surface area contributed by atoms with Crippen molar-refractivity contribution >= 4 is 34.8 Å². The molecule has 0 spiro atoms. The highest BCUT2D eigenvalue weighted by Gasteiger charge is 2.18. The fraction of sp³-hybridized carbons (Fsp3) is 0.231. The summed E-state index contributed by atoms with van der Waals surface area (Å²) in [5.41, 5.74) is 0.717. The largest absolute Gasteiger partial charge is 0.337 e. The molecule has 110 valence electrons. The normalized spacial score (nSPS) is 12.0. The van der Waals surface area contributed by atoms with Gasteiger partial charge in [-0.1, -0.05) is 29.3 Å². The highest BCUT2D eigenvalue weighted by Crippen LogP contribution is 2.30. The van der Waals surface area contributed by atoms with E-state index in [4.69, 9.17) is 23.2 Å². The van der Waals surface area contributed by atoms with E-state index in [-0.39, 0.29) is 11.7 Å². The van der Waals surface area contributed by atoms with E-state index in [1.54, 1.807) is 24.1 Å². The lowest BCUT2D eigenvalue weighted by Gasteiger charge is -2.25. The minimum Gasteiger partial charge on any atom is -0.337 e. The van der Waals surface area contributed by atoms with Gasteiger partial charge in [-0.25, -0.2) is 9.97 Å². The van der Waals surface area contributed by atoms with Crippen molar-refractivity contribution < 1.29 is 4.92 Å². The van der Waals surface area contributed by atoms with Crippen LogP contribution in [0.2, 0.25) is 10.0 Å². The number of nitrogens with zero attached hydrogens (tertiary/aromatic N) is 4. The second-order valence-corrected chi connectivity index (χ2v) is 5.29. The Balaban J connectivity index is 2.25. The summed E-state index contributed by atoms with van der Waals surface area (Å²) in [6.07, 6.45) is 2.35. The lowest BCUT2D eigenvalue weighted by atomic mass is 10.1. The first-order valence-corrected chi connectivity index (χ1v) is 6.80. The molecule has 0 amide bonds. The Kier molecular flexibility index (Phi) is 4.59. The lowest BCUT2D eigenvalue weighted by Crippen LogP contribution is -2.24. The predicted octanol–water partition coefficient (Wildman–Crippen LogP) is 3.89. The highest BCUT2D eigenvalue weighted by molar-refractivity contribution is 6.35. The van der Waals surface area contributed by atoms with Crippen molar-refractivity contribution in [3.05, 3.63) is 56.3 Å². The number of halogens is 2. The molecule has 1 aromatic carbocycles. The third-order valence-electron chi connectivity index (χ3n) is 3.14. The fourth-order valence-electron chi connectivity index (χ4n) is 1.81. The smallest absolute Gasteiger partial charge is 0.305 e. The quantitative estimate of drug-likeness (QED) is 0.629. The Hall–Kier alpha value is -1.92. The summed E-state index contributed by atoms with van der Waals surface area (Å²) in [6.45, 7) is 1.93. The van der Waals surface area contributed by atoms with Gasteiger partial charge >= 0.3 is 5.69 Å². The summed E-state index contributed by atoms with van der Waals surface area (Å²) in [6, 6.07) is 5.14. The Bertz CT molecular complexity index is 664. The van der Waals surface area contributed by atoms with Gasteiger partial charge in [0.2, 0.25) is 5.95 Å². The van der Waals surface area contributed by atoms with Gasteiger partial charge in [-0.2, -0.15) is 0 Å². The molecular weight excluding hydrogens is 315 g/mol. The van der Waals surface area contributed by atoms with E-state index in [0.29, 0.717) is 16.0 Å². The SMILES string of the molecule is CC(c1ccc(Cl)cc1Cl)N(C)c1ncc([N+](=O)[O-])cn1. The molecule has 0 bridgehead atoms. The van der Waals surface area contributed by atoms with E-state index in [2.05, 4.69) is 9.97 Å². The van der Waals surface area contributed by atoms with Gasteiger partial charge in [-0.3, -0.25) is 10.1 Å².